The highest BCUT2D eigenvalue weighted by molar-refractivity contribution is 7.97. The molecule has 1 heterocycles. The fourth-order valence-corrected chi connectivity index (χ4v) is 1.94. The van der Waals surface area contributed by atoms with Crippen LogP contribution in [0.4, 0.5) is 0 Å². The molecule has 4 heteroatoms. The molecule has 0 aromatic carbocycles. The van der Waals surface area contributed by atoms with Crippen molar-refractivity contribution in [3.8, 4) is 0 Å². The van der Waals surface area contributed by atoms with Crippen molar-refractivity contribution in [2.45, 2.75) is 25.6 Å². The van der Waals surface area contributed by atoms with Crippen molar-refractivity contribution < 1.29 is 9.52 Å². The van der Waals surface area contributed by atoms with Gasteiger partial charge in [0.1, 0.15) is 11.5 Å². The number of thioether (sulfide) groups is 1. The molecule has 0 saturated heterocycles. The molecule has 16 heavy (non-hydrogen) atoms. The summed E-state index contributed by atoms with van der Waals surface area (Å²) in [6.07, 6.45) is 2.92. The number of rotatable bonds is 8. The first-order valence-corrected chi connectivity index (χ1v) is 7.03. The largest absolute Gasteiger partial charge is 0.464 e. The van der Waals surface area contributed by atoms with E-state index in [1.165, 1.54) is 0 Å². The normalized spacial score (nSPS) is 12.9. The predicted molar refractivity (Wildman–Crippen MR) is 68.5 cm³/mol. The number of furan rings is 1. The number of aliphatic hydroxyl groups excluding tert-OH is 1. The molecule has 1 atom stereocenters. The van der Waals surface area contributed by atoms with E-state index in [-0.39, 0.29) is 6.61 Å². The third-order valence-corrected chi connectivity index (χ3v) is 2.99. The van der Waals surface area contributed by atoms with Crippen molar-refractivity contribution in [2.75, 3.05) is 19.4 Å². The zero-order valence-electron chi connectivity index (χ0n) is 10.0. The smallest absolute Gasteiger partial charge is 0.117 e. The Labute approximate surface area is 102 Å². The molecule has 0 aliphatic carbocycles. The molecular formula is C12H21NO2S. The summed E-state index contributed by atoms with van der Waals surface area (Å²) >= 11 is 1.76. The Morgan fingerprint density at radius 1 is 1.44 bits per heavy atom. The van der Waals surface area contributed by atoms with E-state index in [2.05, 4.69) is 18.5 Å². The van der Waals surface area contributed by atoms with Gasteiger partial charge in [-0.2, -0.15) is 11.8 Å². The van der Waals surface area contributed by atoms with Crippen LogP contribution in [0.25, 0.3) is 0 Å². The molecule has 92 valence electrons. The lowest BCUT2D eigenvalue weighted by molar-refractivity contribution is 0.259. The summed E-state index contributed by atoms with van der Waals surface area (Å²) < 4.78 is 5.63. The molecule has 0 fully saturated rings. The van der Waals surface area contributed by atoms with Crippen LogP contribution in [-0.2, 0) is 12.3 Å². The summed E-state index contributed by atoms with van der Waals surface area (Å²) in [4.78, 5) is 0. The van der Waals surface area contributed by atoms with E-state index in [0.717, 1.165) is 36.8 Å². The molecule has 1 unspecified atom stereocenters. The van der Waals surface area contributed by atoms with Crippen LogP contribution < -0.4 is 5.32 Å². The molecule has 1 aromatic heterocycles. The monoisotopic (exact) mass is 243 g/mol. The molecule has 0 aliphatic heterocycles. The first kappa shape index (κ1) is 13.6. The summed E-state index contributed by atoms with van der Waals surface area (Å²) in [5.74, 6) is 3.46. The Kier molecular flexibility index (Phi) is 6.61. The summed E-state index contributed by atoms with van der Waals surface area (Å²) in [6, 6.07) is 4.06. The van der Waals surface area contributed by atoms with Gasteiger partial charge in [-0.3, -0.25) is 0 Å². The second-order valence-electron chi connectivity index (χ2n) is 4.05. The highest BCUT2D eigenvalue weighted by Gasteiger charge is 2.03. The number of aliphatic hydroxyl groups is 1. The molecule has 0 amide bonds. The van der Waals surface area contributed by atoms with Crippen LogP contribution >= 0.6 is 11.8 Å². The van der Waals surface area contributed by atoms with Crippen LogP contribution in [0.1, 0.15) is 24.9 Å². The van der Waals surface area contributed by atoms with Crippen LogP contribution in [-0.4, -0.2) is 24.5 Å². The Hall–Kier alpha value is -0.450. The Balaban J connectivity index is 2.21. The SMILES string of the molecule is CSCc1ccc(CNCC(C)CCO)o1. The van der Waals surface area contributed by atoms with Gasteiger partial charge in [-0.25, -0.2) is 0 Å². The Bertz CT molecular complexity index is 288. The van der Waals surface area contributed by atoms with Crippen LogP contribution in [0.2, 0.25) is 0 Å². The molecule has 1 aromatic rings. The van der Waals surface area contributed by atoms with E-state index >= 15 is 0 Å². The van der Waals surface area contributed by atoms with E-state index in [4.69, 9.17) is 9.52 Å². The van der Waals surface area contributed by atoms with Gasteiger partial charge in [0.05, 0.1) is 12.3 Å². The van der Waals surface area contributed by atoms with Crippen molar-refractivity contribution in [1.29, 1.82) is 0 Å². The standard InChI is InChI=1S/C12H21NO2S/c1-10(5-6-14)7-13-8-11-3-4-12(15-11)9-16-2/h3-4,10,13-14H,5-9H2,1-2H3. The molecule has 0 saturated carbocycles. The maximum Gasteiger partial charge on any atom is 0.117 e. The van der Waals surface area contributed by atoms with Gasteiger partial charge in [0, 0.05) is 6.61 Å². The van der Waals surface area contributed by atoms with Gasteiger partial charge < -0.3 is 14.8 Å². The molecule has 0 aliphatic rings. The van der Waals surface area contributed by atoms with Gasteiger partial charge in [0.15, 0.2) is 0 Å². The lowest BCUT2D eigenvalue weighted by Crippen LogP contribution is -2.21. The van der Waals surface area contributed by atoms with Crippen molar-refractivity contribution >= 4 is 11.8 Å². The van der Waals surface area contributed by atoms with Gasteiger partial charge >= 0.3 is 0 Å². The number of hydrogen-bond acceptors (Lipinski definition) is 4. The summed E-state index contributed by atoms with van der Waals surface area (Å²) in [7, 11) is 0. The van der Waals surface area contributed by atoms with Crippen molar-refractivity contribution in [3.63, 3.8) is 0 Å². The van der Waals surface area contributed by atoms with Crippen LogP contribution in [0, 0.1) is 5.92 Å². The maximum atomic E-state index is 8.77. The highest BCUT2D eigenvalue weighted by atomic mass is 32.2. The van der Waals surface area contributed by atoms with Crippen molar-refractivity contribution in [1.82, 2.24) is 5.32 Å². The van der Waals surface area contributed by atoms with Gasteiger partial charge in [-0.15, -0.1) is 0 Å². The van der Waals surface area contributed by atoms with E-state index < -0.39 is 0 Å². The first-order valence-electron chi connectivity index (χ1n) is 5.64. The number of nitrogens with one attached hydrogen (secondary N) is 1. The molecule has 1 rings (SSSR count). The highest BCUT2D eigenvalue weighted by Crippen LogP contribution is 2.13. The summed E-state index contributed by atoms with van der Waals surface area (Å²) in [5.41, 5.74) is 0. The van der Waals surface area contributed by atoms with Crippen LogP contribution in [0.5, 0.6) is 0 Å². The minimum absolute atomic E-state index is 0.265. The Morgan fingerprint density at radius 2 is 2.19 bits per heavy atom. The lowest BCUT2D eigenvalue weighted by Gasteiger charge is -2.09. The van der Waals surface area contributed by atoms with Gasteiger partial charge in [0.25, 0.3) is 0 Å². The number of hydrogen-bond donors (Lipinski definition) is 2. The van der Waals surface area contributed by atoms with Crippen molar-refractivity contribution in [3.05, 3.63) is 23.7 Å². The molecule has 2 N–H and O–H groups in total. The fourth-order valence-electron chi connectivity index (χ4n) is 1.50. The van der Waals surface area contributed by atoms with Gasteiger partial charge in [-0.05, 0) is 37.3 Å². The second kappa shape index (κ2) is 7.76. The predicted octanol–water partition coefficient (Wildman–Crippen LogP) is 2.25. The third kappa shape index (κ3) is 5.05. The van der Waals surface area contributed by atoms with E-state index in [0.29, 0.717) is 5.92 Å². The zero-order chi connectivity index (χ0) is 11.8. The van der Waals surface area contributed by atoms with Gasteiger partial charge in [0.2, 0.25) is 0 Å². The average molecular weight is 243 g/mol. The lowest BCUT2D eigenvalue weighted by atomic mass is 10.1. The first-order chi connectivity index (χ1) is 7.76. The Morgan fingerprint density at radius 3 is 2.88 bits per heavy atom. The fraction of sp³-hybridized carbons (Fsp3) is 0.667. The third-order valence-electron chi connectivity index (χ3n) is 2.42. The summed E-state index contributed by atoms with van der Waals surface area (Å²) in [6.45, 7) is 4.08. The minimum atomic E-state index is 0.265. The van der Waals surface area contributed by atoms with E-state index in [1.807, 2.05) is 12.1 Å². The van der Waals surface area contributed by atoms with Gasteiger partial charge in [-0.1, -0.05) is 6.92 Å². The quantitative estimate of drug-likeness (QED) is 0.735. The zero-order valence-corrected chi connectivity index (χ0v) is 10.8. The van der Waals surface area contributed by atoms with Crippen LogP contribution in [0.3, 0.4) is 0 Å². The van der Waals surface area contributed by atoms with Crippen molar-refractivity contribution in [2.24, 2.45) is 5.92 Å². The molecular weight excluding hydrogens is 222 g/mol. The maximum absolute atomic E-state index is 8.77. The molecule has 0 bridgehead atoms. The minimum Gasteiger partial charge on any atom is -0.464 e. The second-order valence-corrected chi connectivity index (χ2v) is 4.92. The van der Waals surface area contributed by atoms with Crippen LogP contribution in [0.15, 0.2) is 16.5 Å². The summed E-state index contributed by atoms with van der Waals surface area (Å²) in [5, 5.41) is 12.1. The molecule has 3 nitrogen and oxygen atoms in total. The molecule has 0 radical (unpaired) electrons. The average Bonchev–Trinajstić information content (AvgIpc) is 2.67. The topological polar surface area (TPSA) is 45.4 Å². The van der Waals surface area contributed by atoms with E-state index in [9.17, 15) is 0 Å². The van der Waals surface area contributed by atoms with E-state index in [1.54, 1.807) is 11.8 Å². The molecule has 0 spiro atoms.